The van der Waals surface area contributed by atoms with Gasteiger partial charge in [0.05, 0.1) is 7.11 Å². The normalized spacial score (nSPS) is 10.3. The number of nitrogens with zero attached hydrogens (tertiary/aromatic N) is 4. The van der Waals surface area contributed by atoms with E-state index in [4.69, 9.17) is 16.3 Å². The van der Waals surface area contributed by atoms with Crippen molar-refractivity contribution in [1.82, 2.24) is 19.5 Å². The van der Waals surface area contributed by atoms with Crippen molar-refractivity contribution in [2.45, 2.75) is 0 Å². The average Bonchev–Trinajstić information content (AvgIpc) is 2.64. The summed E-state index contributed by atoms with van der Waals surface area (Å²) in [5, 5.41) is 0.283. The number of imidazole rings is 1. The van der Waals surface area contributed by atoms with Crippen molar-refractivity contribution in [3.63, 3.8) is 0 Å². The van der Waals surface area contributed by atoms with E-state index in [0.29, 0.717) is 17.3 Å². The molecule has 0 fully saturated rings. The number of ether oxygens (including phenoxy) is 1. The second kappa shape index (κ2) is 3.86. The number of rotatable bonds is 2. The maximum atomic E-state index is 5.89. The molecule has 0 radical (unpaired) electrons. The minimum Gasteiger partial charge on any atom is -0.491 e. The van der Waals surface area contributed by atoms with Crippen molar-refractivity contribution in [1.29, 1.82) is 0 Å². The third-order valence-electron chi connectivity index (χ3n) is 2.00. The van der Waals surface area contributed by atoms with Crippen LogP contribution < -0.4 is 4.74 Å². The van der Waals surface area contributed by atoms with Crippen LogP contribution in [-0.4, -0.2) is 26.6 Å². The Balaban J connectivity index is 2.63. The highest BCUT2D eigenvalue weighted by Gasteiger charge is 2.15. The van der Waals surface area contributed by atoms with E-state index in [1.54, 1.807) is 6.20 Å². The molecule has 0 aliphatic carbocycles. The maximum absolute atomic E-state index is 5.89. The van der Waals surface area contributed by atoms with Gasteiger partial charge in [-0.2, -0.15) is 0 Å². The molecule has 0 unspecified atom stereocenters. The summed E-state index contributed by atoms with van der Waals surface area (Å²) >= 11 is 5.89. The summed E-state index contributed by atoms with van der Waals surface area (Å²) in [6.07, 6.45) is 4.89. The van der Waals surface area contributed by atoms with Crippen LogP contribution in [0.4, 0.5) is 0 Å². The van der Waals surface area contributed by atoms with Crippen LogP contribution in [0.25, 0.3) is 11.5 Å². The van der Waals surface area contributed by atoms with Gasteiger partial charge in [-0.1, -0.05) is 11.6 Å². The van der Waals surface area contributed by atoms with Gasteiger partial charge in [-0.3, -0.25) is 0 Å². The molecule has 0 atom stereocenters. The number of methoxy groups -OCH3 is 1. The van der Waals surface area contributed by atoms with E-state index in [9.17, 15) is 0 Å². The second-order valence-electron chi connectivity index (χ2n) is 2.91. The molecule has 0 aliphatic heterocycles. The summed E-state index contributed by atoms with van der Waals surface area (Å²) in [6, 6.07) is 0. The zero-order valence-electron chi connectivity index (χ0n) is 8.31. The Morgan fingerprint density at radius 2 is 2.13 bits per heavy atom. The quantitative estimate of drug-likeness (QED) is 0.727. The Labute approximate surface area is 91.7 Å². The molecule has 0 N–H and O–H groups in total. The Hall–Kier alpha value is -1.62. The number of aryl methyl sites for hydroxylation is 1. The predicted octanol–water partition coefficient (Wildman–Crippen LogP) is 1.54. The molecule has 2 heterocycles. The molecule has 0 spiro atoms. The fourth-order valence-corrected chi connectivity index (χ4v) is 1.50. The highest BCUT2D eigenvalue weighted by Crippen LogP contribution is 2.30. The van der Waals surface area contributed by atoms with Crippen LogP contribution in [0.2, 0.25) is 5.15 Å². The molecule has 2 rings (SSSR count). The van der Waals surface area contributed by atoms with Gasteiger partial charge in [0.2, 0.25) is 0 Å². The third-order valence-corrected chi connectivity index (χ3v) is 2.27. The molecule has 15 heavy (non-hydrogen) atoms. The largest absolute Gasteiger partial charge is 0.491 e. The molecule has 2 aromatic heterocycles. The lowest BCUT2D eigenvalue weighted by atomic mass is 10.3. The first-order valence-corrected chi connectivity index (χ1v) is 4.64. The van der Waals surface area contributed by atoms with Gasteiger partial charge in [0, 0.05) is 19.4 Å². The lowest BCUT2D eigenvalue weighted by molar-refractivity contribution is 0.412. The first-order valence-electron chi connectivity index (χ1n) is 4.26. The van der Waals surface area contributed by atoms with E-state index in [1.165, 1.54) is 13.4 Å². The first kappa shape index (κ1) is 9.92. The van der Waals surface area contributed by atoms with Gasteiger partial charge in [0.25, 0.3) is 0 Å². The smallest absolute Gasteiger partial charge is 0.185 e. The lowest BCUT2D eigenvalue weighted by Crippen LogP contribution is -1.99. The van der Waals surface area contributed by atoms with Crippen molar-refractivity contribution >= 4 is 11.6 Å². The summed E-state index contributed by atoms with van der Waals surface area (Å²) in [5.74, 6) is 1.13. The molecule has 0 amide bonds. The molecule has 0 saturated heterocycles. The van der Waals surface area contributed by atoms with Crippen LogP contribution in [0.3, 0.4) is 0 Å². The topological polar surface area (TPSA) is 52.8 Å². The van der Waals surface area contributed by atoms with Crippen LogP contribution >= 0.6 is 11.6 Å². The Morgan fingerprint density at radius 1 is 1.33 bits per heavy atom. The van der Waals surface area contributed by atoms with Crippen molar-refractivity contribution in [3.05, 3.63) is 23.9 Å². The SMILES string of the molecule is COc1c(Cl)ncnc1-c1nccn1C. The zero-order valence-corrected chi connectivity index (χ0v) is 9.06. The number of hydrogen-bond donors (Lipinski definition) is 0. The van der Waals surface area contributed by atoms with Gasteiger partial charge in [-0.25, -0.2) is 15.0 Å². The van der Waals surface area contributed by atoms with E-state index < -0.39 is 0 Å². The van der Waals surface area contributed by atoms with Gasteiger partial charge in [0.15, 0.2) is 22.4 Å². The molecule has 78 valence electrons. The van der Waals surface area contributed by atoms with Crippen LogP contribution in [-0.2, 0) is 7.05 Å². The maximum Gasteiger partial charge on any atom is 0.185 e. The number of hydrogen-bond acceptors (Lipinski definition) is 4. The fourth-order valence-electron chi connectivity index (χ4n) is 1.29. The van der Waals surface area contributed by atoms with E-state index in [2.05, 4.69) is 15.0 Å². The highest BCUT2D eigenvalue weighted by molar-refractivity contribution is 6.31. The second-order valence-corrected chi connectivity index (χ2v) is 3.27. The van der Waals surface area contributed by atoms with Crippen LogP contribution in [0.1, 0.15) is 0 Å². The van der Waals surface area contributed by atoms with Crippen LogP contribution in [0.5, 0.6) is 5.75 Å². The van der Waals surface area contributed by atoms with E-state index in [1.807, 2.05) is 17.8 Å². The minimum atomic E-state index is 0.283. The van der Waals surface area contributed by atoms with Crippen molar-refractivity contribution in [2.24, 2.45) is 7.05 Å². The molecule has 0 aliphatic rings. The Morgan fingerprint density at radius 3 is 2.73 bits per heavy atom. The molecule has 0 bridgehead atoms. The van der Waals surface area contributed by atoms with Gasteiger partial charge < -0.3 is 9.30 Å². The molecule has 5 nitrogen and oxygen atoms in total. The van der Waals surface area contributed by atoms with E-state index in [-0.39, 0.29) is 5.15 Å². The average molecular weight is 225 g/mol. The Bertz CT molecular complexity index is 483. The van der Waals surface area contributed by atoms with Crippen LogP contribution in [0, 0.1) is 0 Å². The zero-order chi connectivity index (χ0) is 10.8. The molecule has 0 saturated carbocycles. The number of halogens is 1. The van der Waals surface area contributed by atoms with Gasteiger partial charge in [0.1, 0.15) is 6.33 Å². The van der Waals surface area contributed by atoms with Crippen molar-refractivity contribution in [2.75, 3.05) is 7.11 Å². The van der Waals surface area contributed by atoms with Gasteiger partial charge in [-0.05, 0) is 0 Å². The summed E-state index contributed by atoms with van der Waals surface area (Å²) in [4.78, 5) is 12.1. The first-order chi connectivity index (χ1) is 7.24. The summed E-state index contributed by atoms with van der Waals surface area (Å²) in [5.41, 5.74) is 0.588. The van der Waals surface area contributed by atoms with Crippen molar-refractivity contribution in [3.8, 4) is 17.3 Å². The molecule has 2 aromatic rings. The highest BCUT2D eigenvalue weighted by atomic mass is 35.5. The molecular weight excluding hydrogens is 216 g/mol. The lowest BCUT2D eigenvalue weighted by Gasteiger charge is -2.07. The molecular formula is C9H9ClN4O. The van der Waals surface area contributed by atoms with Crippen molar-refractivity contribution < 1.29 is 4.74 Å². The third kappa shape index (κ3) is 1.66. The van der Waals surface area contributed by atoms with Crippen LogP contribution in [0.15, 0.2) is 18.7 Å². The van der Waals surface area contributed by atoms with Gasteiger partial charge >= 0.3 is 0 Å². The monoisotopic (exact) mass is 224 g/mol. The summed E-state index contributed by atoms with van der Waals surface area (Å²) in [7, 11) is 3.40. The number of aromatic nitrogens is 4. The summed E-state index contributed by atoms with van der Waals surface area (Å²) < 4.78 is 6.98. The summed E-state index contributed by atoms with van der Waals surface area (Å²) in [6.45, 7) is 0. The fraction of sp³-hybridized carbons (Fsp3) is 0.222. The molecule has 6 heteroatoms. The standard InChI is InChI=1S/C9H9ClN4O/c1-14-4-3-11-9(14)6-7(15-2)8(10)13-5-12-6/h3-5H,1-2H3. The van der Waals surface area contributed by atoms with E-state index in [0.717, 1.165) is 0 Å². The Kier molecular flexibility index (Phi) is 2.55. The minimum absolute atomic E-state index is 0.283. The van der Waals surface area contributed by atoms with E-state index >= 15 is 0 Å². The predicted molar refractivity (Wildman–Crippen MR) is 55.8 cm³/mol. The van der Waals surface area contributed by atoms with Gasteiger partial charge in [-0.15, -0.1) is 0 Å². The molecule has 0 aromatic carbocycles.